The molecule has 1 saturated carbocycles. The number of hydrogen-bond acceptors (Lipinski definition) is 3. The Hall–Kier alpha value is -0.860. The molecule has 1 heterocycles. The number of hydrogen-bond donors (Lipinski definition) is 0. The van der Waals surface area contributed by atoms with E-state index in [9.17, 15) is 0 Å². The third-order valence-electron chi connectivity index (χ3n) is 1.47. The van der Waals surface area contributed by atoms with Crippen LogP contribution in [0.25, 0.3) is 0 Å². The summed E-state index contributed by atoms with van der Waals surface area (Å²) in [7, 11) is 0. The van der Waals surface area contributed by atoms with Gasteiger partial charge in [0.05, 0.1) is 0 Å². The highest BCUT2D eigenvalue weighted by Crippen LogP contribution is 2.38. The lowest BCUT2D eigenvalue weighted by Crippen LogP contribution is -1.76. The highest BCUT2D eigenvalue weighted by atomic mass is 16.5. The summed E-state index contributed by atoms with van der Waals surface area (Å²) < 4.78 is 4.93. The van der Waals surface area contributed by atoms with Gasteiger partial charge in [-0.25, -0.2) is 0 Å². The van der Waals surface area contributed by atoms with E-state index in [-0.39, 0.29) is 0 Å². The van der Waals surface area contributed by atoms with E-state index >= 15 is 0 Å². The molecule has 2 rings (SSSR count). The van der Waals surface area contributed by atoms with Crippen LogP contribution in [0.4, 0.5) is 0 Å². The zero-order valence-corrected chi connectivity index (χ0v) is 5.29. The molecular formula is C6H8N2O. The Morgan fingerprint density at radius 2 is 2.33 bits per heavy atom. The van der Waals surface area contributed by atoms with Crippen molar-refractivity contribution in [2.75, 3.05) is 0 Å². The number of aromatic nitrogens is 2. The molecule has 0 unspecified atom stereocenters. The van der Waals surface area contributed by atoms with Crippen molar-refractivity contribution in [2.24, 2.45) is 0 Å². The van der Waals surface area contributed by atoms with Gasteiger partial charge in [0.2, 0.25) is 5.89 Å². The van der Waals surface area contributed by atoms with Gasteiger partial charge in [-0.05, 0) is 19.8 Å². The summed E-state index contributed by atoms with van der Waals surface area (Å²) in [6.45, 7) is 1.84. The Balaban J connectivity index is 2.28. The molecular weight excluding hydrogens is 116 g/mol. The van der Waals surface area contributed by atoms with Crippen LogP contribution in [0.2, 0.25) is 0 Å². The largest absolute Gasteiger partial charge is 0.339 e. The molecule has 0 N–H and O–H groups in total. The first-order valence-corrected chi connectivity index (χ1v) is 3.16. The third kappa shape index (κ3) is 0.823. The fraction of sp³-hybridized carbons (Fsp3) is 0.667. The summed E-state index contributed by atoms with van der Waals surface area (Å²) in [5.74, 6) is 2.16. The molecule has 1 aliphatic rings. The molecule has 3 nitrogen and oxygen atoms in total. The fourth-order valence-electron chi connectivity index (χ4n) is 0.809. The Kier molecular flexibility index (Phi) is 0.860. The van der Waals surface area contributed by atoms with Crippen molar-refractivity contribution in [3.63, 3.8) is 0 Å². The maximum Gasteiger partial charge on any atom is 0.229 e. The van der Waals surface area contributed by atoms with Crippen molar-refractivity contribution in [3.05, 3.63) is 11.7 Å². The van der Waals surface area contributed by atoms with Gasteiger partial charge in [-0.3, -0.25) is 0 Å². The van der Waals surface area contributed by atoms with Crippen molar-refractivity contribution in [1.82, 2.24) is 10.1 Å². The molecule has 0 atom stereocenters. The van der Waals surface area contributed by atoms with Crippen molar-refractivity contribution in [3.8, 4) is 0 Å². The van der Waals surface area contributed by atoms with Crippen LogP contribution in [-0.4, -0.2) is 10.1 Å². The van der Waals surface area contributed by atoms with Crippen LogP contribution >= 0.6 is 0 Å². The van der Waals surface area contributed by atoms with E-state index in [1.54, 1.807) is 0 Å². The standard InChI is InChI=1S/C6H8N2O/c1-4-7-6(9-8-4)5-2-3-5/h5H,2-3H2,1H3. The van der Waals surface area contributed by atoms with E-state index in [1.807, 2.05) is 6.92 Å². The summed E-state index contributed by atoms with van der Waals surface area (Å²) in [6, 6.07) is 0. The first-order valence-electron chi connectivity index (χ1n) is 3.16. The minimum absolute atomic E-state index is 0.589. The molecule has 1 aromatic heterocycles. The predicted octanol–water partition coefficient (Wildman–Crippen LogP) is 1.26. The predicted molar refractivity (Wildman–Crippen MR) is 31.0 cm³/mol. The van der Waals surface area contributed by atoms with Crippen molar-refractivity contribution in [2.45, 2.75) is 25.7 Å². The minimum atomic E-state index is 0.589. The molecule has 1 aromatic rings. The van der Waals surface area contributed by atoms with E-state index in [4.69, 9.17) is 4.52 Å². The zero-order valence-electron chi connectivity index (χ0n) is 5.29. The maximum absolute atomic E-state index is 4.93. The SMILES string of the molecule is Cc1noc(C2CC2)n1. The van der Waals surface area contributed by atoms with E-state index < -0.39 is 0 Å². The summed E-state index contributed by atoms with van der Waals surface area (Å²) in [5.41, 5.74) is 0. The molecule has 0 bridgehead atoms. The van der Waals surface area contributed by atoms with Crippen LogP contribution in [0.1, 0.15) is 30.5 Å². The second-order valence-electron chi connectivity index (χ2n) is 2.45. The lowest BCUT2D eigenvalue weighted by atomic mass is 10.4. The molecule has 0 spiro atoms. The Bertz CT molecular complexity index is 215. The molecule has 9 heavy (non-hydrogen) atoms. The topological polar surface area (TPSA) is 38.9 Å². The molecule has 0 aliphatic heterocycles. The average molecular weight is 124 g/mol. The van der Waals surface area contributed by atoms with Crippen molar-refractivity contribution in [1.29, 1.82) is 0 Å². The van der Waals surface area contributed by atoms with Gasteiger partial charge in [-0.2, -0.15) is 4.98 Å². The normalized spacial score (nSPS) is 18.3. The van der Waals surface area contributed by atoms with Gasteiger partial charge in [0.15, 0.2) is 5.82 Å². The monoisotopic (exact) mass is 124 g/mol. The molecule has 0 saturated heterocycles. The number of aryl methyl sites for hydroxylation is 1. The Morgan fingerprint density at radius 3 is 2.78 bits per heavy atom. The lowest BCUT2D eigenvalue weighted by molar-refractivity contribution is 0.376. The number of rotatable bonds is 1. The lowest BCUT2D eigenvalue weighted by Gasteiger charge is -1.78. The van der Waals surface area contributed by atoms with Gasteiger partial charge >= 0.3 is 0 Å². The third-order valence-corrected chi connectivity index (χ3v) is 1.47. The second kappa shape index (κ2) is 1.56. The summed E-state index contributed by atoms with van der Waals surface area (Å²) in [5, 5.41) is 3.69. The summed E-state index contributed by atoms with van der Waals surface area (Å²) in [4.78, 5) is 4.09. The van der Waals surface area contributed by atoms with Crippen molar-refractivity contribution >= 4 is 0 Å². The minimum Gasteiger partial charge on any atom is -0.339 e. The molecule has 0 aromatic carbocycles. The van der Waals surface area contributed by atoms with Gasteiger partial charge in [0.1, 0.15) is 0 Å². The Labute approximate surface area is 53.1 Å². The van der Waals surface area contributed by atoms with Gasteiger partial charge in [0.25, 0.3) is 0 Å². The van der Waals surface area contributed by atoms with Crippen LogP contribution in [0.15, 0.2) is 4.52 Å². The summed E-state index contributed by atoms with van der Waals surface area (Å²) >= 11 is 0. The summed E-state index contributed by atoms with van der Waals surface area (Å²) in [6.07, 6.45) is 2.45. The van der Waals surface area contributed by atoms with Crippen molar-refractivity contribution < 1.29 is 4.52 Å². The van der Waals surface area contributed by atoms with Crippen LogP contribution < -0.4 is 0 Å². The average Bonchev–Trinajstić information content (AvgIpc) is 2.58. The Morgan fingerprint density at radius 1 is 1.56 bits per heavy atom. The quantitative estimate of drug-likeness (QED) is 0.565. The first kappa shape index (κ1) is 4.97. The van der Waals surface area contributed by atoms with Gasteiger partial charge < -0.3 is 4.52 Å². The fourth-order valence-corrected chi connectivity index (χ4v) is 0.809. The van der Waals surface area contributed by atoms with E-state index in [0.717, 1.165) is 11.7 Å². The number of nitrogens with zero attached hydrogens (tertiary/aromatic N) is 2. The van der Waals surface area contributed by atoms with Gasteiger partial charge in [-0.15, -0.1) is 0 Å². The second-order valence-corrected chi connectivity index (χ2v) is 2.45. The molecule has 1 fully saturated rings. The maximum atomic E-state index is 4.93. The molecule has 0 amide bonds. The highest BCUT2D eigenvalue weighted by molar-refractivity contribution is 5.00. The molecule has 1 aliphatic carbocycles. The first-order chi connectivity index (χ1) is 4.36. The highest BCUT2D eigenvalue weighted by Gasteiger charge is 2.28. The zero-order chi connectivity index (χ0) is 6.27. The molecule has 3 heteroatoms. The van der Waals surface area contributed by atoms with Crippen LogP contribution in [-0.2, 0) is 0 Å². The van der Waals surface area contributed by atoms with Gasteiger partial charge in [-0.1, -0.05) is 5.16 Å². The van der Waals surface area contributed by atoms with Crippen LogP contribution in [0.5, 0.6) is 0 Å². The molecule has 0 radical (unpaired) electrons. The van der Waals surface area contributed by atoms with E-state index in [1.165, 1.54) is 12.8 Å². The van der Waals surface area contributed by atoms with Gasteiger partial charge in [0, 0.05) is 5.92 Å². The van der Waals surface area contributed by atoms with Crippen LogP contribution in [0.3, 0.4) is 0 Å². The van der Waals surface area contributed by atoms with Crippen LogP contribution in [0, 0.1) is 6.92 Å². The molecule has 48 valence electrons. The van der Waals surface area contributed by atoms with E-state index in [0.29, 0.717) is 5.92 Å². The van der Waals surface area contributed by atoms with E-state index in [2.05, 4.69) is 10.1 Å². The smallest absolute Gasteiger partial charge is 0.229 e.